The zero-order chi connectivity index (χ0) is 14.3. The van der Waals surface area contributed by atoms with Gasteiger partial charge in [-0.25, -0.2) is 0 Å². The maximum atomic E-state index is 12.8. The Morgan fingerprint density at radius 2 is 2.20 bits per heavy atom. The van der Waals surface area contributed by atoms with Crippen LogP contribution in [0.15, 0.2) is 18.2 Å². The van der Waals surface area contributed by atoms with Crippen molar-refractivity contribution in [3.05, 3.63) is 29.3 Å². The van der Waals surface area contributed by atoms with Crippen LogP contribution < -0.4 is 5.73 Å². The van der Waals surface area contributed by atoms with Gasteiger partial charge in [-0.05, 0) is 41.9 Å². The van der Waals surface area contributed by atoms with Crippen LogP contribution in [0.4, 0.5) is 5.69 Å². The summed E-state index contributed by atoms with van der Waals surface area (Å²) in [5, 5.41) is 0. The van der Waals surface area contributed by atoms with E-state index >= 15 is 0 Å². The lowest BCUT2D eigenvalue weighted by Gasteiger charge is -2.35. The minimum absolute atomic E-state index is 0.160. The molecule has 20 heavy (non-hydrogen) atoms. The normalized spacial score (nSPS) is 24.5. The number of anilines is 1. The zero-order valence-electron chi connectivity index (χ0n) is 12.5. The van der Waals surface area contributed by atoms with Crippen molar-refractivity contribution >= 4 is 11.6 Å². The van der Waals surface area contributed by atoms with Crippen molar-refractivity contribution < 1.29 is 4.79 Å². The monoisotopic (exact) mass is 272 g/mol. The Hall–Kier alpha value is -1.51. The van der Waals surface area contributed by atoms with Gasteiger partial charge in [0.15, 0.2) is 0 Å². The van der Waals surface area contributed by atoms with Gasteiger partial charge in [0.25, 0.3) is 0 Å². The lowest BCUT2D eigenvalue weighted by Crippen LogP contribution is -2.42. The van der Waals surface area contributed by atoms with E-state index in [1.807, 2.05) is 17.0 Å². The average Bonchev–Trinajstić information content (AvgIpc) is 2.77. The zero-order valence-corrected chi connectivity index (χ0v) is 12.5. The fraction of sp³-hybridized carbons (Fsp3) is 0.588. The molecule has 108 valence electrons. The van der Waals surface area contributed by atoms with Crippen molar-refractivity contribution in [2.75, 3.05) is 12.3 Å². The van der Waals surface area contributed by atoms with Gasteiger partial charge in [-0.1, -0.05) is 32.4 Å². The van der Waals surface area contributed by atoms with Crippen molar-refractivity contribution in [3.8, 4) is 0 Å². The van der Waals surface area contributed by atoms with E-state index in [2.05, 4.69) is 19.9 Å². The molecule has 0 radical (unpaired) electrons. The molecule has 3 rings (SSSR count). The van der Waals surface area contributed by atoms with Crippen LogP contribution >= 0.6 is 0 Å². The molecule has 1 aromatic rings. The fourth-order valence-corrected chi connectivity index (χ4v) is 3.83. The predicted molar refractivity (Wildman–Crippen MR) is 81.1 cm³/mol. The topological polar surface area (TPSA) is 46.3 Å². The summed E-state index contributed by atoms with van der Waals surface area (Å²) >= 11 is 0. The molecule has 1 atom stereocenters. The van der Waals surface area contributed by atoms with Crippen molar-refractivity contribution in [2.45, 2.75) is 46.1 Å². The SMILES string of the molecule is CC1(C)CCCC1C(=O)N1CCc2c(N)cccc2C1. The molecule has 3 heteroatoms. The molecule has 1 saturated carbocycles. The molecule has 1 heterocycles. The highest BCUT2D eigenvalue weighted by Gasteiger charge is 2.41. The summed E-state index contributed by atoms with van der Waals surface area (Å²) in [6.07, 6.45) is 4.29. The highest BCUT2D eigenvalue weighted by molar-refractivity contribution is 5.80. The third kappa shape index (κ3) is 2.19. The molecule has 0 bridgehead atoms. The number of benzene rings is 1. The second-order valence-corrected chi connectivity index (χ2v) is 6.93. The Bertz CT molecular complexity index is 536. The summed E-state index contributed by atoms with van der Waals surface area (Å²) in [6, 6.07) is 6.04. The lowest BCUT2D eigenvalue weighted by molar-refractivity contribution is -0.139. The molecule has 1 unspecified atom stereocenters. The van der Waals surface area contributed by atoms with Gasteiger partial charge in [0.2, 0.25) is 5.91 Å². The number of nitrogens with zero attached hydrogens (tertiary/aromatic N) is 1. The van der Waals surface area contributed by atoms with E-state index < -0.39 is 0 Å². The highest BCUT2D eigenvalue weighted by atomic mass is 16.2. The van der Waals surface area contributed by atoms with Crippen molar-refractivity contribution in [1.29, 1.82) is 0 Å². The van der Waals surface area contributed by atoms with E-state index in [-0.39, 0.29) is 11.3 Å². The van der Waals surface area contributed by atoms with Gasteiger partial charge in [0, 0.05) is 24.7 Å². The van der Waals surface area contributed by atoms with Gasteiger partial charge in [-0.3, -0.25) is 4.79 Å². The first-order chi connectivity index (χ1) is 9.49. The molecule has 1 amide bonds. The summed E-state index contributed by atoms with van der Waals surface area (Å²) in [4.78, 5) is 14.8. The van der Waals surface area contributed by atoms with Crippen LogP contribution in [0.1, 0.15) is 44.2 Å². The molecule has 2 aliphatic rings. The molecular weight excluding hydrogens is 248 g/mol. The third-order valence-electron chi connectivity index (χ3n) is 5.17. The van der Waals surface area contributed by atoms with Crippen LogP contribution in [0.3, 0.4) is 0 Å². The second-order valence-electron chi connectivity index (χ2n) is 6.93. The molecule has 0 aromatic heterocycles. The summed E-state index contributed by atoms with van der Waals surface area (Å²) < 4.78 is 0. The van der Waals surface area contributed by atoms with E-state index in [9.17, 15) is 4.79 Å². The van der Waals surface area contributed by atoms with Crippen molar-refractivity contribution in [1.82, 2.24) is 4.90 Å². The molecular formula is C17H24N2O. The maximum absolute atomic E-state index is 12.8. The quantitative estimate of drug-likeness (QED) is 0.799. The van der Waals surface area contributed by atoms with Gasteiger partial charge < -0.3 is 10.6 Å². The first kappa shape index (κ1) is 13.5. The van der Waals surface area contributed by atoms with E-state index in [1.54, 1.807) is 0 Å². The lowest BCUT2D eigenvalue weighted by atomic mass is 9.80. The van der Waals surface area contributed by atoms with Crippen molar-refractivity contribution in [2.24, 2.45) is 11.3 Å². The number of nitrogen functional groups attached to an aromatic ring is 1. The number of fused-ring (bicyclic) bond motifs is 1. The smallest absolute Gasteiger partial charge is 0.226 e. The Balaban J connectivity index is 1.79. The standard InChI is InChI=1S/C17H24N2O/c1-17(2)9-4-6-14(17)16(20)19-10-8-13-12(11-19)5-3-7-15(13)18/h3,5,7,14H,4,6,8-11,18H2,1-2H3. The molecule has 3 nitrogen and oxygen atoms in total. The van der Waals surface area contributed by atoms with Crippen LogP contribution in [0.2, 0.25) is 0 Å². The number of carbonyl (C=O) groups is 1. The molecule has 0 saturated heterocycles. The number of hydrogen-bond donors (Lipinski definition) is 1. The first-order valence-corrected chi connectivity index (χ1v) is 7.64. The van der Waals surface area contributed by atoms with E-state index in [0.29, 0.717) is 5.91 Å². The van der Waals surface area contributed by atoms with Gasteiger partial charge in [-0.15, -0.1) is 0 Å². The first-order valence-electron chi connectivity index (χ1n) is 7.64. The number of hydrogen-bond acceptors (Lipinski definition) is 2. The molecule has 1 aromatic carbocycles. The van der Waals surface area contributed by atoms with Crippen molar-refractivity contribution in [3.63, 3.8) is 0 Å². The van der Waals surface area contributed by atoms with Crippen LogP contribution in [0, 0.1) is 11.3 Å². The molecule has 1 aliphatic carbocycles. The largest absolute Gasteiger partial charge is 0.398 e. The number of nitrogens with two attached hydrogens (primary N) is 1. The predicted octanol–water partition coefficient (Wildman–Crippen LogP) is 2.98. The highest BCUT2D eigenvalue weighted by Crippen LogP contribution is 2.44. The van der Waals surface area contributed by atoms with Gasteiger partial charge in [0.1, 0.15) is 0 Å². The van der Waals surface area contributed by atoms with Crippen LogP contribution in [0.25, 0.3) is 0 Å². The summed E-state index contributed by atoms with van der Waals surface area (Å²) in [7, 11) is 0. The summed E-state index contributed by atoms with van der Waals surface area (Å²) in [6.45, 7) is 6.01. The molecule has 1 aliphatic heterocycles. The Kier molecular flexibility index (Phi) is 3.23. The number of rotatable bonds is 1. The fourth-order valence-electron chi connectivity index (χ4n) is 3.83. The van der Waals surface area contributed by atoms with Crippen LogP contribution in [-0.2, 0) is 17.8 Å². The molecule has 1 fully saturated rings. The minimum atomic E-state index is 0.160. The molecule has 0 spiro atoms. The van der Waals surface area contributed by atoms with E-state index in [0.717, 1.165) is 31.6 Å². The van der Waals surface area contributed by atoms with Crippen LogP contribution in [-0.4, -0.2) is 17.4 Å². The Morgan fingerprint density at radius 1 is 1.40 bits per heavy atom. The Morgan fingerprint density at radius 3 is 2.90 bits per heavy atom. The third-order valence-corrected chi connectivity index (χ3v) is 5.17. The van der Waals surface area contributed by atoms with E-state index in [1.165, 1.54) is 24.0 Å². The van der Waals surface area contributed by atoms with Gasteiger partial charge in [0.05, 0.1) is 0 Å². The van der Waals surface area contributed by atoms with Crippen LogP contribution in [0.5, 0.6) is 0 Å². The second kappa shape index (κ2) is 4.80. The van der Waals surface area contributed by atoms with Gasteiger partial charge >= 0.3 is 0 Å². The van der Waals surface area contributed by atoms with Gasteiger partial charge in [-0.2, -0.15) is 0 Å². The number of amides is 1. The minimum Gasteiger partial charge on any atom is -0.398 e. The maximum Gasteiger partial charge on any atom is 0.226 e. The average molecular weight is 272 g/mol. The summed E-state index contributed by atoms with van der Waals surface area (Å²) in [5.74, 6) is 0.547. The Labute approximate surface area is 121 Å². The molecule has 2 N–H and O–H groups in total. The number of carbonyl (C=O) groups excluding carboxylic acids is 1. The van der Waals surface area contributed by atoms with E-state index in [4.69, 9.17) is 5.73 Å². The summed E-state index contributed by atoms with van der Waals surface area (Å²) in [5.41, 5.74) is 9.52.